The van der Waals surface area contributed by atoms with Gasteiger partial charge in [-0.15, -0.1) is 0 Å². The Labute approximate surface area is 185 Å². The first kappa shape index (κ1) is 29.1. The van der Waals surface area contributed by atoms with E-state index >= 15 is 0 Å². The zero-order valence-corrected chi connectivity index (χ0v) is 19.6. The number of hydrogen-bond donors (Lipinski definition) is 2. The fourth-order valence-corrected chi connectivity index (χ4v) is 3.26. The van der Waals surface area contributed by atoms with Crippen LogP contribution >= 0.6 is 0 Å². The summed E-state index contributed by atoms with van der Waals surface area (Å²) in [5.74, 6) is -2.70. The minimum absolute atomic E-state index is 0. The molecule has 7 nitrogen and oxygen atoms in total. The van der Waals surface area contributed by atoms with Crippen molar-refractivity contribution < 1.29 is 62.0 Å². The Balaban J connectivity index is 0. The van der Waals surface area contributed by atoms with Crippen LogP contribution in [-0.4, -0.2) is 41.9 Å². The summed E-state index contributed by atoms with van der Waals surface area (Å²) in [5, 5.41) is 6.53. The van der Waals surface area contributed by atoms with Gasteiger partial charge in [-0.05, 0) is 6.42 Å². The van der Waals surface area contributed by atoms with Crippen LogP contribution < -0.4 is 29.6 Å². The molecule has 0 aliphatic rings. The van der Waals surface area contributed by atoms with Crippen LogP contribution in [0.5, 0.6) is 0 Å². The van der Waals surface area contributed by atoms with Gasteiger partial charge >= 0.3 is 41.5 Å². The van der Waals surface area contributed by atoms with Crippen LogP contribution in [-0.2, 0) is 24.4 Å². The van der Waals surface area contributed by atoms with Gasteiger partial charge < -0.3 is 9.84 Å². The summed E-state index contributed by atoms with van der Waals surface area (Å²) in [6.45, 7) is 2.35. The molecule has 154 valence electrons. The number of carbonyl (C=O) groups is 2. The topological polar surface area (TPSA) is 118 Å². The molecule has 0 aliphatic heterocycles. The summed E-state index contributed by atoms with van der Waals surface area (Å²) in [7, 11) is -4.82. The van der Waals surface area contributed by atoms with Gasteiger partial charge in [0.15, 0.2) is 5.25 Å². The van der Waals surface area contributed by atoms with Crippen molar-refractivity contribution in [3.8, 4) is 0 Å². The molecule has 0 amide bonds. The van der Waals surface area contributed by atoms with Gasteiger partial charge in [0.2, 0.25) is 0 Å². The molecule has 0 heterocycles. The molecule has 1 atom stereocenters. The number of carboxylic acids is 1. The van der Waals surface area contributed by atoms with Crippen molar-refractivity contribution in [1.29, 1.82) is 0 Å². The summed E-state index contributed by atoms with van der Waals surface area (Å²) in [4.78, 5) is 22.2. The second kappa shape index (κ2) is 17.9. The molecule has 0 spiro atoms. The molecule has 27 heavy (non-hydrogen) atoms. The van der Waals surface area contributed by atoms with E-state index in [1.165, 1.54) is 51.4 Å². The third-order valence-corrected chi connectivity index (χ3v) is 5.34. The van der Waals surface area contributed by atoms with Crippen molar-refractivity contribution in [2.45, 2.75) is 95.6 Å². The van der Waals surface area contributed by atoms with Crippen molar-refractivity contribution >= 4 is 22.1 Å². The first-order valence-electron chi connectivity index (χ1n) is 9.63. The molecule has 1 unspecified atom stereocenters. The van der Waals surface area contributed by atoms with E-state index in [0.717, 1.165) is 19.3 Å². The molecule has 0 aliphatic carbocycles. The van der Waals surface area contributed by atoms with E-state index in [1.807, 2.05) is 0 Å². The molecular formula is C18H34NaO7S+. The van der Waals surface area contributed by atoms with E-state index in [-0.39, 0.29) is 36.2 Å². The van der Waals surface area contributed by atoms with Crippen molar-refractivity contribution in [3.05, 3.63) is 0 Å². The van der Waals surface area contributed by atoms with E-state index in [4.69, 9.17) is 14.4 Å². The third-order valence-electron chi connectivity index (χ3n) is 4.25. The van der Waals surface area contributed by atoms with Crippen molar-refractivity contribution in [3.63, 3.8) is 0 Å². The van der Waals surface area contributed by atoms with Gasteiger partial charge in [0, 0.05) is 0 Å². The third kappa shape index (κ3) is 17.7. The van der Waals surface area contributed by atoms with Crippen LogP contribution in [0.4, 0.5) is 0 Å². The second-order valence-electron chi connectivity index (χ2n) is 6.66. The number of carbonyl (C=O) groups excluding carboxylic acids is 1. The molecule has 0 aromatic heterocycles. The number of unbranched alkanes of at least 4 members (excludes halogenated alkanes) is 11. The van der Waals surface area contributed by atoms with Crippen molar-refractivity contribution in [1.82, 2.24) is 0 Å². The average Bonchev–Trinajstić information content (AvgIpc) is 2.55. The number of esters is 1. The molecule has 0 saturated heterocycles. The molecule has 2 N–H and O–H groups in total. The molecule has 0 fully saturated rings. The Kier molecular flexibility index (Phi) is 19.3. The van der Waals surface area contributed by atoms with Crippen molar-refractivity contribution in [2.75, 3.05) is 6.61 Å². The summed E-state index contributed by atoms with van der Waals surface area (Å²) < 4.78 is 35.3. The molecule has 0 bridgehead atoms. The molecule has 9 heteroatoms. The van der Waals surface area contributed by atoms with Crippen LogP contribution in [0.1, 0.15) is 90.4 Å². The number of hydrogen-bond acceptors (Lipinski definition) is 5. The number of ether oxygens (including phenoxy) is 1. The fourth-order valence-electron chi connectivity index (χ4n) is 2.66. The minimum atomic E-state index is -4.82. The van der Waals surface area contributed by atoms with Crippen LogP contribution in [0.3, 0.4) is 0 Å². The smallest absolute Gasteiger partial charge is 0.480 e. The van der Waals surface area contributed by atoms with Gasteiger partial charge in [-0.25, -0.2) is 0 Å². The normalized spacial score (nSPS) is 12.2. The van der Waals surface area contributed by atoms with Crippen LogP contribution in [0.15, 0.2) is 0 Å². The number of aliphatic carboxylic acids is 1. The van der Waals surface area contributed by atoms with Gasteiger partial charge in [0.05, 0.1) is 13.0 Å². The summed E-state index contributed by atoms with van der Waals surface area (Å²) in [6, 6.07) is 0. The molecule has 0 aromatic carbocycles. The zero-order valence-electron chi connectivity index (χ0n) is 16.8. The van der Waals surface area contributed by atoms with E-state index < -0.39 is 33.7 Å². The first-order valence-corrected chi connectivity index (χ1v) is 11.1. The van der Waals surface area contributed by atoms with Gasteiger partial charge in [-0.1, -0.05) is 77.6 Å². The van der Waals surface area contributed by atoms with E-state index in [1.54, 1.807) is 0 Å². The monoisotopic (exact) mass is 417 g/mol. The largest absolute Gasteiger partial charge is 1.00 e. The summed E-state index contributed by atoms with van der Waals surface area (Å²) >= 11 is 0. The molecule has 0 radical (unpaired) electrons. The van der Waals surface area contributed by atoms with Crippen LogP contribution in [0.25, 0.3) is 0 Å². The van der Waals surface area contributed by atoms with Gasteiger partial charge in [0.25, 0.3) is 10.1 Å². The minimum Gasteiger partial charge on any atom is -0.480 e. The Hall–Kier alpha value is -0.150. The van der Waals surface area contributed by atoms with Gasteiger partial charge in [-0.2, -0.15) is 8.42 Å². The van der Waals surface area contributed by atoms with Gasteiger partial charge in [0.1, 0.15) is 0 Å². The Morgan fingerprint density at radius 2 is 1.26 bits per heavy atom. The standard InChI is InChI=1S/C18H34O7S.Na/c1-2-3-4-5-6-7-8-9-10-11-12-13-14-25-17(19)15-16(18(20)21)26(22,23)24;/h16H,2-15H2,1H3,(H,20,21)(H,22,23,24);/q;+1. The maximum atomic E-state index is 11.4. The fraction of sp³-hybridized carbons (Fsp3) is 0.889. The van der Waals surface area contributed by atoms with Crippen LogP contribution in [0.2, 0.25) is 0 Å². The SMILES string of the molecule is CCCCCCCCCCCCCCOC(=O)CC(C(=O)O)S(=O)(=O)O.[Na+]. The molecule has 0 saturated carbocycles. The summed E-state index contributed by atoms with van der Waals surface area (Å²) in [6.07, 6.45) is 13.2. The average molecular weight is 418 g/mol. The molecule has 0 aromatic rings. The van der Waals surface area contributed by atoms with Gasteiger partial charge in [-0.3, -0.25) is 14.1 Å². The Morgan fingerprint density at radius 3 is 1.63 bits per heavy atom. The Morgan fingerprint density at radius 1 is 0.852 bits per heavy atom. The van der Waals surface area contributed by atoms with Crippen molar-refractivity contribution in [2.24, 2.45) is 0 Å². The first-order chi connectivity index (χ1) is 12.3. The molecular weight excluding hydrogens is 383 g/mol. The maximum absolute atomic E-state index is 11.4. The summed E-state index contributed by atoms with van der Waals surface area (Å²) in [5.41, 5.74) is 0. The number of carboxylic acid groups (broad SMARTS) is 1. The predicted octanol–water partition coefficient (Wildman–Crippen LogP) is 0.966. The number of rotatable bonds is 17. The maximum Gasteiger partial charge on any atom is 1.00 e. The van der Waals surface area contributed by atoms with E-state index in [2.05, 4.69) is 6.92 Å². The zero-order chi connectivity index (χ0) is 19.8. The van der Waals surface area contributed by atoms with Crippen LogP contribution in [0, 0.1) is 0 Å². The Bertz CT molecular complexity index is 494. The quantitative estimate of drug-likeness (QED) is 0.157. The second-order valence-corrected chi connectivity index (χ2v) is 8.25. The van der Waals surface area contributed by atoms with E-state index in [0.29, 0.717) is 6.42 Å². The van der Waals surface area contributed by atoms with E-state index in [9.17, 15) is 18.0 Å². The molecule has 0 rings (SSSR count). The predicted molar refractivity (Wildman–Crippen MR) is 99.6 cm³/mol.